The first kappa shape index (κ1) is 15.0. The molecule has 1 aromatic carbocycles. The zero-order chi connectivity index (χ0) is 15.2. The molecule has 1 saturated heterocycles. The molecule has 0 aromatic heterocycles. The Morgan fingerprint density at radius 2 is 1.90 bits per heavy atom. The van der Waals surface area contributed by atoms with Gasteiger partial charge in [-0.25, -0.2) is 0 Å². The molecule has 1 heterocycles. The van der Waals surface area contributed by atoms with Gasteiger partial charge in [-0.05, 0) is 37.1 Å². The topological polar surface area (TPSA) is 111 Å². The van der Waals surface area contributed by atoms with Crippen LogP contribution in [-0.4, -0.2) is 37.0 Å². The van der Waals surface area contributed by atoms with Crippen LogP contribution in [0.5, 0.6) is 0 Å². The molecular weight excluding hydrogens is 274 g/mol. The summed E-state index contributed by atoms with van der Waals surface area (Å²) < 4.78 is 5.35. The molecule has 0 spiro atoms. The number of nitrogens with two attached hydrogens (primary N) is 1. The number of hydrogen-bond acceptors (Lipinski definition) is 4. The number of primary amides is 1. The third-order valence-electron chi connectivity index (χ3n) is 3.15. The number of nitrogens with one attached hydrogen (secondary N) is 2. The maximum atomic E-state index is 11.7. The van der Waals surface area contributed by atoms with Crippen LogP contribution in [0.25, 0.3) is 0 Å². The largest absolute Gasteiger partial charge is 0.376 e. The highest BCUT2D eigenvalue weighted by atomic mass is 16.5. The van der Waals surface area contributed by atoms with E-state index >= 15 is 0 Å². The summed E-state index contributed by atoms with van der Waals surface area (Å²) in [5.74, 6) is -2.04. The van der Waals surface area contributed by atoms with Crippen LogP contribution in [-0.2, 0) is 14.3 Å². The maximum Gasteiger partial charge on any atom is 0.313 e. The Bertz CT molecular complexity index is 536. The lowest BCUT2D eigenvalue weighted by Crippen LogP contribution is -2.39. The molecular formula is C14H17N3O4. The molecule has 0 radical (unpaired) electrons. The Hall–Kier alpha value is -2.41. The van der Waals surface area contributed by atoms with Gasteiger partial charge < -0.3 is 21.1 Å². The molecule has 0 bridgehead atoms. The second-order valence-electron chi connectivity index (χ2n) is 4.74. The van der Waals surface area contributed by atoms with Crippen LogP contribution in [0.2, 0.25) is 0 Å². The Morgan fingerprint density at radius 3 is 2.48 bits per heavy atom. The van der Waals surface area contributed by atoms with Crippen molar-refractivity contribution < 1.29 is 19.1 Å². The molecule has 0 saturated carbocycles. The summed E-state index contributed by atoms with van der Waals surface area (Å²) in [7, 11) is 0. The minimum absolute atomic E-state index is 0.0170. The number of carbonyl (C=O) groups excluding carboxylic acids is 3. The summed E-state index contributed by atoms with van der Waals surface area (Å²) in [6.07, 6.45) is 1.84. The number of amides is 3. The van der Waals surface area contributed by atoms with Crippen LogP contribution in [0.1, 0.15) is 23.2 Å². The lowest BCUT2D eigenvalue weighted by molar-refractivity contribution is -0.136. The predicted octanol–water partition coefficient (Wildman–Crippen LogP) is 0.0192. The number of ether oxygens (including phenoxy) is 1. The van der Waals surface area contributed by atoms with Gasteiger partial charge in [-0.3, -0.25) is 14.4 Å². The van der Waals surface area contributed by atoms with E-state index in [0.29, 0.717) is 24.4 Å². The summed E-state index contributed by atoms with van der Waals surface area (Å²) in [5.41, 5.74) is 5.85. The molecule has 1 atom stereocenters. The maximum absolute atomic E-state index is 11.7. The van der Waals surface area contributed by atoms with Crippen LogP contribution in [0.3, 0.4) is 0 Å². The van der Waals surface area contributed by atoms with Gasteiger partial charge in [-0.1, -0.05) is 0 Å². The second-order valence-corrected chi connectivity index (χ2v) is 4.74. The van der Waals surface area contributed by atoms with Crippen LogP contribution in [0, 0.1) is 0 Å². The van der Waals surface area contributed by atoms with Gasteiger partial charge in [0.25, 0.3) is 0 Å². The number of carbonyl (C=O) groups is 3. The van der Waals surface area contributed by atoms with E-state index in [1.54, 1.807) is 0 Å². The Balaban J connectivity index is 1.82. The minimum atomic E-state index is -0.764. The van der Waals surface area contributed by atoms with Crippen LogP contribution in [0.4, 0.5) is 5.69 Å². The summed E-state index contributed by atoms with van der Waals surface area (Å²) in [6, 6.07) is 5.96. The molecule has 7 nitrogen and oxygen atoms in total. The molecule has 112 valence electrons. The highest BCUT2D eigenvalue weighted by Gasteiger charge is 2.19. The first-order valence-corrected chi connectivity index (χ1v) is 6.67. The zero-order valence-electron chi connectivity index (χ0n) is 11.4. The monoisotopic (exact) mass is 291 g/mol. The molecule has 0 aliphatic carbocycles. The quantitative estimate of drug-likeness (QED) is 0.679. The first-order valence-electron chi connectivity index (χ1n) is 6.67. The normalized spacial score (nSPS) is 17.2. The molecule has 2 rings (SSSR count). The average molecular weight is 291 g/mol. The van der Waals surface area contributed by atoms with Crippen molar-refractivity contribution in [2.45, 2.75) is 18.9 Å². The Labute approximate surface area is 121 Å². The third kappa shape index (κ3) is 4.28. The van der Waals surface area contributed by atoms with Crippen molar-refractivity contribution in [3.8, 4) is 0 Å². The van der Waals surface area contributed by atoms with E-state index in [0.717, 1.165) is 12.8 Å². The smallest absolute Gasteiger partial charge is 0.313 e. The predicted molar refractivity (Wildman–Crippen MR) is 75.6 cm³/mol. The van der Waals surface area contributed by atoms with Crippen molar-refractivity contribution in [2.75, 3.05) is 18.5 Å². The van der Waals surface area contributed by atoms with Crippen LogP contribution in [0.15, 0.2) is 24.3 Å². The van der Waals surface area contributed by atoms with Crippen molar-refractivity contribution in [1.82, 2.24) is 5.32 Å². The molecule has 3 amide bonds. The standard InChI is InChI=1S/C14H17N3O4/c15-12(18)9-3-5-10(6-4-9)17-14(20)13(19)16-8-11-2-1-7-21-11/h3-6,11H,1-2,7-8H2,(H2,15,18)(H,16,19)(H,17,20)/t11-/m0/s1. The van der Waals surface area contributed by atoms with Crippen molar-refractivity contribution >= 4 is 23.4 Å². The van der Waals surface area contributed by atoms with Gasteiger partial charge in [-0.15, -0.1) is 0 Å². The Kier molecular flexibility index (Phi) is 4.89. The van der Waals surface area contributed by atoms with Gasteiger partial charge in [0.15, 0.2) is 0 Å². The number of hydrogen-bond donors (Lipinski definition) is 3. The average Bonchev–Trinajstić information content (AvgIpc) is 2.98. The molecule has 21 heavy (non-hydrogen) atoms. The minimum Gasteiger partial charge on any atom is -0.376 e. The fourth-order valence-corrected chi connectivity index (χ4v) is 2.00. The van der Waals surface area contributed by atoms with Gasteiger partial charge in [-0.2, -0.15) is 0 Å². The van der Waals surface area contributed by atoms with E-state index in [2.05, 4.69) is 10.6 Å². The number of rotatable bonds is 4. The Morgan fingerprint density at radius 1 is 1.19 bits per heavy atom. The van der Waals surface area contributed by atoms with Gasteiger partial charge >= 0.3 is 11.8 Å². The SMILES string of the molecule is NC(=O)c1ccc(NC(=O)C(=O)NC[C@@H]2CCCO2)cc1. The first-order chi connectivity index (χ1) is 10.1. The highest BCUT2D eigenvalue weighted by molar-refractivity contribution is 6.39. The van der Waals surface area contributed by atoms with Crippen molar-refractivity contribution in [2.24, 2.45) is 5.73 Å². The molecule has 1 aromatic rings. The van der Waals surface area contributed by atoms with E-state index in [1.165, 1.54) is 24.3 Å². The summed E-state index contributed by atoms with van der Waals surface area (Å²) in [4.78, 5) is 34.2. The van der Waals surface area contributed by atoms with Gasteiger partial charge in [0, 0.05) is 24.4 Å². The summed E-state index contributed by atoms with van der Waals surface area (Å²) in [5, 5.41) is 4.96. The van der Waals surface area contributed by atoms with E-state index < -0.39 is 17.7 Å². The second kappa shape index (κ2) is 6.85. The molecule has 1 aliphatic heterocycles. The van der Waals surface area contributed by atoms with Crippen molar-refractivity contribution in [1.29, 1.82) is 0 Å². The molecule has 1 fully saturated rings. The van der Waals surface area contributed by atoms with Crippen molar-refractivity contribution in [3.63, 3.8) is 0 Å². The fourth-order valence-electron chi connectivity index (χ4n) is 2.00. The molecule has 0 unspecified atom stereocenters. The van der Waals surface area contributed by atoms with Crippen LogP contribution < -0.4 is 16.4 Å². The van der Waals surface area contributed by atoms with Crippen LogP contribution >= 0.6 is 0 Å². The lowest BCUT2D eigenvalue weighted by atomic mass is 10.2. The summed E-state index contributed by atoms with van der Waals surface area (Å²) in [6.45, 7) is 1.02. The molecule has 4 N–H and O–H groups in total. The number of anilines is 1. The van der Waals surface area contributed by atoms with E-state index in [4.69, 9.17) is 10.5 Å². The van der Waals surface area contributed by atoms with Gasteiger partial charge in [0.1, 0.15) is 0 Å². The van der Waals surface area contributed by atoms with E-state index in [9.17, 15) is 14.4 Å². The highest BCUT2D eigenvalue weighted by Crippen LogP contribution is 2.11. The summed E-state index contributed by atoms with van der Waals surface area (Å²) >= 11 is 0. The number of benzene rings is 1. The fraction of sp³-hybridized carbons (Fsp3) is 0.357. The lowest BCUT2D eigenvalue weighted by Gasteiger charge is -2.10. The molecule has 1 aliphatic rings. The van der Waals surface area contributed by atoms with Gasteiger partial charge in [0.05, 0.1) is 6.10 Å². The van der Waals surface area contributed by atoms with E-state index in [-0.39, 0.29) is 6.10 Å². The third-order valence-corrected chi connectivity index (χ3v) is 3.15. The van der Waals surface area contributed by atoms with Crippen molar-refractivity contribution in [3.05, 3.63) is 29.8 Å². The zero-order valence-corrected chi connectivity index (χ0v) is 11.4. The van der Waals surface area contributed by atoms with E-state index in [1.807, 2.05) is 0 Å². The molecule has 7 heteroatoms. The van der Waals surface area contributed by atoms with Gasteiger partial charge in [0.2, 0.25) is 5.91 Å².